The van der Waals surface area contributed by atoms with Crippen molar-refractivity contribution in [2.75, 3.05) is 13.2 Å². The zero-order valence-corrected chi connectivity index (χ0v) is 11.1. The summed E-state index contributed by atoms with van der Waals surface area (Å²) < 4.78 is 5.15. The van der Waals surface area contributed by atoms with Crippen LogP contribution in [-0.2, 0) is 9.59 Å². The number of aliphatic hydroxyl groups is 1. The molecule has 8 heteroatoms. The van der Waals surface area contributed by atoms with E-state index in [0.29, 0.717) is 0 Å². The number of hydrogen-bond donors (Lipinski definition) is 4. The average Bonchev–Trinajstić information content (AvgIpc) is 2.44. The molecule has 2 amide bonds. The predicted octanol–water partition coefficient (Wildman–Crippen LogP) is -0.884. The fourth-order valence-electron chi connectivity index (χ4n) is 1.56. The van der Waals surface area contributed by atoms with Crippen molar-refractivity contribution in [2.24, 2.45) is 5.73 Å². The number of carbonyl (C=O) groups excluding carboxylic acids is 2. The molecule has 1 rings (SSSR count). The van der Waals surface area contributed by atoms with Crippen LogP contribution in [0, 0.1) is 0 Å². The zero-order chi connectivity index (χ0) is 15.8. The fraction of sp³-hybridized carbons (Fsp3) is 0.308. The number of aliphatic hydroxyl groups excluding tert-OH is 1. The van der Waals surface area contributed by atoms with Crippen molar-refractivity contribution in [2.45, 2.75) is 12.5 Å². The van der Waals surface area contributed by atoms with Gasteiger partial charge in [-0.2, -0.15) is 0 Å². The van der Waals surface area contributed by atoms with Crippen molar-refractivity contribution >= 4 is 17.8 Å². The topological polar surface area (TPSA) is 139 Å². The molecule has 0 bridgehead atoms. The Hall–Kier alpha value is -2.61. The van der Waals surface area contributed by atoms with Crippen LogP contribution >= 0.6 is 0 Å². The van der Waals surface area contributed by atoms with Gasteiger partial charge in [-0.05, 0) is 12.1 Å². The molecule has 114 valence electrons. The minimum atomic E-state index is -1.25. The first-order chi connectivity index (χ1) is 9.95. The lowest BCUT2D eigenvalue weighted by molar-refractivity contribution is -0.142. The summed E-state index contributed by atoms with van der Waals surface area (Å²) in [5.41, 5.74) is 5.28. The Morgan fingerprint density at radius 3 is 2.52 bits per heavy atom. The van der Waals surface area contributed by atoms with Crippen LogP contribution in [0.4, 0.5) is 0 Å². The molecule has 8 nitrogen and oxygen atoms in total. The van der Waals surface area contributed by atoms with E-state index in [0.717, 1.165) is 0 Å². The van der Waals surface area contributed by atoms with Crippen LogP contribution in [0.15, 0.2) is 24.3 Å². The third-order valence-electron chi connectivity index (χ3n) is 2.56. The number of amides is 2. The zero-order valence-electron chi connectivity index (χ0n) is 11.1. The quantitative estimate of drug-likeness (QED) is 0.491. The first-order valence-corrected chi connectivity index (χ1v) is 6.10. The number of rotatable bonds is 8. The van der Waals surface area contributed by atoms with E-state index in [-0.39, 0.29) is 24.3 Å². The molecule has 0 aliphatic heterocycles. The van der Waals surface area contributed by atoms with Crippen LogP contribution in [0.2, 0.25) is 0 Å². The van der Waals surface area contributed by atoms with Crippen LogP contribution in [0.1, 0.15) is 16.8 Å². The average molecular weight is 296 g/mol. The lowest BCUT2D eigenvalue weighted by Gasteiger charge is -2.14. The third kappa shape index (κ3) is 5.11. The summed E-state index contributed by atoms with van der Waals surface area (Å²) in [6.45, 7) is -0.845. The van der Waals surface area contributed by atoms with Crippen LogP contribution in [0.3, 0.4) is 0 Å². The number of primary amides is 1. The molecule has 0 saturated heterocycles. The summed E-state index contributed by atoms with van der Waals surface area (Å²) in [4.78, 5) is 33.6. The maximum Gasteiger partial charge on any atom is 0.326 e. The summed E-state index contributed by atoms with van der Waals surface area (Å²) >= 11 is 0. The second-order valence-electron chi connectivity index (χ2n) is 4.12. The predicted molar refractivity (Wildman–Crippen MR) is 71.7 cm³/mol. The normalized spacial score (nSPS) is 11.5. The molecule has 0 heterocycles. The molecule has 0 saturated carbocycles. The highest BCUT2D eigenvalue weighted by Gasteiger charge is 2.19. The maximum absolute atomic E-state index is 11.6. The maximum atomic E-state index is 11.6. The number of nitrogens with one attached hydrogen (secondary N) is 1. The minimum absolute atomic E-state index is 0.112. The largest absolute Gasteiger partial charge is 0.483 e. The van der Waals surface area contributed by atoms with Crippen molar-refractivity contribution in [3.05, 3.63) is 29.8 Å². The van der Waals surface area contributed by atoms with Gasteiger partial charge in [0.05, 0.1) is 5.56 Å². The van der Waals surface area contributed by atoms with E-state index in [1.54, 1.807) is 12.1 Å². The number of hydrogen-bond acceptors (Lipinski definition) is 5. The lowest BCUT2D eigenvalue weighted by Crippen LogP contribution is -2.43. The number of benzene rings is 1. The van der Waals surface area contributed by atoms with Gasteiger partial charge in [0, 0.05) is 13.0 Å². The smallest absolute Gasteiger partial charge is 0.326 e. The van der Waals surface area contributed by atoms with Crippen molar-refractivity contribution in [3.63, 3.8) is 0 Å². The third-order valence-corrected chi connectivity index (χ3v) is 2.56. The molecule has 0 radical (unpaired) electrons. The van der Waals surface area contributed by atoms with Crippen molar-refractivity contribution in [1.82, 2.24) is 5.32 Å². The number of carbonyl (C=O) groups is 3. The number of ether oxygens (including phenoxy) is 1. The van der Waals surface area contributed by atoms with Gasteiger partial charge in [0.2, 0.25) is 0 Å². The lowest BCUT2D eigenvalue weighted by atomic mass is 10.2. The van der Waals surface area contributed by atoms with E-state index in [1.165, 1.54) is 12.1 Å². The van der Waals surface area contributed by atoms with E-state index in [2.05, 4.69) is 5.32 Å². The number of carboxylic acid groups (broad SMARTS) is 1. The second-order valence-corrected chi connectivity index (χ2v) is 4.12. The van der Waals surface area contributed by atoms with Gasteiger partial charge in [-0.15, -0.1) is 0 Å². The Morgan fingerprint density at radius 1 is 1.29 bits per heavy atom. The molecular weight excluding hydrogens is 280 g/mol. The van der Waals surface area contributed by atoms with Gasteiger partial charge in [-0.3, -0.25) is 9.59 Å². The Balaban J connectivity index is 2.61. The van der Waals surface area contributed by atoms with Crippen molar-refractivity contribution in [3.8, 4) is 5.75 Å². The van der Waals surface area contributed by atoms with Crippen molar-refractivity contribution < 1.29 is 29.3 Å². The molecule has 1 atom stereocenters. The monoisotopic (exact) mass is 296 g/mol. The Morgan fingerprint density at radius 2 is 1.95 bits per heavy atom. The highest BCUT2D eigenvalue weighted by molar-refractivity contribution is 5.95. The van der Waals surface area contributed by atoms with Crippen LogP contribution in [0.5, 0.6) is 5.75 Å². The van der Waals surface area contributed by atoms with Gasteiger partial charge < -0.3 is 26.0 Å². The number of aliphatic carboxylic acids is 1. The highest BCUT2D eigenvalue weighted by Crippen LogP contribution is 2.16. The number of carboxylic acids is 1. The van der Waals surface area contributed by atoms with E-state index >= 15 is 0 Å². The minimum Gasteiger partial charge on any atom is -0.483 e. The van der Waals surface area contributed by atoms with Gasteiger partial charge in [0.1, 0.15) is 11.8 Å². The molecule has 1 unspecified atom stereocenters. The molecule has 1 aromatic rings. The summed E-state index contributed by atoms with van der Waals surface area (Å²) in [5.74, 6) is -2.51. The van der Waals surface area contributed by atoms with E-state index in [1.807, 2.05) is 0 Å². The first kappa shape index (κ1) is 16.4. The molecular formula is C13H16N2O6. The van der Waals surface area contributed by atoms with Gasteiger partial charge in [0.25, 0.3) is 11.8 Å². The summed E-state index contributed by atoms with van der Waals surface area (Å²) in [5, 5.41) is 19.7. The molecule has 5 N–H and O–H groups in total. The number of para-hydroxylation sites is 1. The Kier molecular flexibility index (Phi) is 6.15. The molecule has 0 aliphatic carbocycles. The van der Waals surface area contributed by atoms with Crippen LogP contribution in [0.25, 0.3) is 0 Å². The fourth-order valence-corrected chi connectivity index (χ4v) is 1.56. The molecule has 0 aromatic heterocycles. The molecule has 0 spiro atoms. The summed E-state index contributed by atoms with van der Waals surface area (Å²) in [7, 11) is 0. The summed E-state index contributed by atoms with van der Waals surface area (Å²) in [6, 6.07) is 4.91. The highest BCUT2D eigenvalue weighted by atomic mass is 16.5. The van der Waals surface area contributed by atoms with Gasteiger partial charge in [0.15, 0.2) is 6.61 Å². The SMILES string of the molecule is NC(=O)c1ccccc1OCC(=O)NC(CCO)C(=O)O. The van der Waals surface area contributed by atoms with Gasteiger partial charge in [-0.25, -0.2) is 4.79 Å². The molecule has 0 fully saturated rings. The Labute approximate surface area is 120 Å². The van der Waals surface area contributed by atoms with E-state index < -0.39 is 30.4 Å². The second kappa shape index (κ2) is 7.85. The van der Waals surface area contributed by atoms with Gasteiger partial charge in [-0.1, -0.05) is 12.1 Å². The molecule has 1 aromatic carbocycles. The van der Waals surface area contributed by atoms with Crippen molar-refractivity contribution in [1.29, 1.82) is 0 Å². The summed E-state index contributed by atoms with van der Waals surface area (Å²) in [6.07, 6.45) is -0.112. The standard InChI is InChI=1S/C13H16N2O6/c14-12(18)8-3-1-2-4-10(8)21-7-11(17)15-9(5-6-16)13(19)20/h1-4,9,16H,5-7H2,(H2,14,18)(H,15,17)(H,19,20). The van der Waals surface area contributed by atoms with Crippen LogP contribution < -0.4 is 15.8 Å². The van der Waals surface area contributed by atoms with Crippen LogP contribution in [-0.4, -0.2) is 47.3 Å². The van der Waals surface area contributed by atoms with Gasteiger partial charge >= 0.3 is 5.97 Å². The number of nitrogens with two attached hydrogens (primary N) is 1. The Bertz CT molecular complexity index is 531. The molecule has 21 heavy (non-hydrogen) atoms. The first-order valence-electron chi connectivity index (χ1n) is 6.10. The van der Waals surface area contributed by atoms with E-state index in [9.17, 15) is 14.4 Å². The van der Waals surface area contributed by atoms with E-state index in [4.69, 9.17) is 20.7 Å². The molecule has 0 aliphatic rings.